The van der Waals surface area contributed by atoms with Crippen LogP contribution in [0.15, 0.2) is 0 Å². The fourth-order valence-corrected chi connectivity index (χ4v) is 1.23. The number of ether oxygens (including phenoxy) is 1. The summed E-state index contributed by atoms with van der Waals surface area (Å²) in [6, 6.07) is 0. The van der Waals surface area contributed by atoms with Crippen LogP contribution in [0.5, 0.6) is 0 Å². The molecule has 0 amide bonds. The Morgan fingerprint density at radius 1 is 1.15 bits per heavy atom. The lowest BCUT2D eigenvalue weighted by molar-refractivity contribution is 0.166. The summed E-state index contributed by atoms with van der Waals surface area (Å²) in [5, 5.41) is 8.42. The number of halogens is 1. The number of methoxy groups -OCH3 is 1. The second kappa shape index (κ2) is 9.93. The van der Waals surface area contributed by atoms with Gasteiger partial charge in [-0.3, -0.25) is 0 Å². The third-order valence-corrected chi connectivity index (χ3v) is 2.06. The van der Waals surface area contributed by atoms with Crippen molar-refractivity contribution in [2.24, 2.45) is 0 Å². The van der Waals surface area contributed by atoms with E-state index in [2.05, 4.69) is 0 Å². The molecule has 0 aromatic carbocycles. The fourth-order valence-electron chi connectivity index (χ4n) is 1.23. The van der Waals surface area contributed by atoms with Crippen molar-refractivity contribution in [1.82, 2.24) is 0 Å². The van der Waals surface area contributed by atoms with E-state index in [0.29, 0.717) is 6.42 Å². The summed E-state index contributed by atoms with van der Waals surface area (Å²) in [5.41, 5.74) is 0. The summed E-state index contributed by atoms with van der Waals surface area (Å²) in [6.45, 7) is 0.492. The maximum atomic E-state index is 12.5. The van der Waals surface area contributed by atoms with Gasteiger partial charge in [0.1, 0.15) is 6.17 Å². The first-order valence-corrected chi connectivity index (χ1v) is 5.05. The number of aliphatic hydroxyl groups excluding tert-OH is 1. The topological polar surface area (TPSA) is 29.5 Å². The summed E-state index contributed by atoms with van der Waals surface area (Å²) in [4.78, 5) is 0. The van der Waals surface area contributed by atoms with Crippen molar-refractivity contribution in [2.75, 3.05) is 20.3 Å². The quantitative estimate of drug-likeness (QED) is 0.568. The predicted octanol–water partition coefficient (Wildman–Crippen LogP) is 2.30. The molecule has 1 unspecified atom stereocenters. The Kier molecular flexibility index (Phi) is 9.82. The van der Waals surface area contributed by atoms with Crippen LogP contribution < -0.4 is 0 Å². The lowest BCUT2D eigenvalue weighted by Crippen LogP contribution is -2.05. The molecule has 0 spiro atoms. The average Bonchev–Trinajstić information content (AvgIpc) is 2.16. The van der Waals surface area contributed by atoms with Crippen molar-refractivity contribution in [3.8, 4) is 0 Å². The lowest BCUT2D eigenvalue weighted by atomic mass is 10.1. The minimum Gasteiger partial charge on any atom is -0.393 e. The van der Waals surface area contributed by atoms with E-state index in [1.165, 1.54) is 0 Å². The number of hydrogen-bond acceptors (Lipinski definition) is 2. The van der Waals surface area contributed by atoms with Crippen LogP contribution in [0.25, 0.3) is 0 Å². The molecule has 2 nitrogen and oxygen atoms in total. The summed E-state index contributed by atoms with van der Waals surface area (Å²) in [5.74, 6) is 0. The van der Waals surface area contributed by atoms with Crippen molar-refractivity contribution < 1.29 is 14.2 Å². The van der Waals surface area contributed by atoms with Crippen molar-refractivity contribution in [3.63, 3.8) is 0 Å². The van der Waals surface area contributed by atoms with E-state index in [0.717, 1.165) is 38.7 Å². The van der Waals surface area contributed by atoms with Gasteiger partial charge in [0.05, 0.1) is 6.61 Å². The molecular weight excluding hydrogens is 171 g/mol. The molecule has 0 saturated carbocycles. The third kappa shape index (κ3) is 9.77. The monoisotopic (exact) mass is 192 g/mol. The molecule has 0 rings (SSSR count). The zero-order valence-corrected chi connectivity index (χ0v) is 8.47. The molecule has 0 aliphatic carbocycles. The Morgan fingerprint density at radius 3 is 2.38 bits per heavy atom. The molecule has 0 aromatic rings. The summed E-state index contributed by atoms with van der Waals surface area (Å²) < 4.78 is 17.4. The minimum atomic E-state index is -1.01. The predicted molar refractivity (Wildman–Crippen MR) is 51.6 cm³/mol. The Morgan fingerprint density at radius 2 is 1.77 bits per heavy atom. The molecule has 0 aliphatic rings. The first-order valence-electron chi connectivity index (χ1n) is 5.05. The van der Waals surface area contributed by atoms with E-state index in [9.17, 15) is 4.39 Å². The Balaban J connectivity index is 2.91. The average molecular weight is 192 g/mol. The van der Waals surface area contributed by atoms with Gasteiger partial charge in [0, 0.05) is 13.7 Å². The van der Waals surface area contributed by atoms with E-state index < -0.39 is 6.17 Å². The number of hydrogen-bond donors (Lipinski definition) is 1. The highest BCUT2D eigenvalue weighted by Crippen LogP contribution is 2.08. The largest absolute Gasteiger partial charge is 0.393 e. The molecule has 0 aliphatic heterocycles. The number of unbranched alkanes of at least 4 members (excludes halogenated alkanes) is 4. The molecule has 0 fully saturated rings. The number of aliphatic hydroxyl groups is 1. The van der Waals surface area contributed by atoms with Crippen LogP contribution in [0.3, 0.4) is 0 Å². The van der Waals surface area contributed by atoms with E-state index in [1.807, 2.05) is 0 Å². The molecule has 0 radical (unpaired) electrons. The van der Waals surface area contributed by atoms with Crippen LogP contribution in [0.4, 0.5) is 4.39 Å². The molecule has 0 saturated heterocycles. The van der Waals surface area contributed by atoms with Gasteiger partial charge < -0.3 is 9.84 Å². The van der Waals surface area contributed by atoms with Crippen molar-refractivity contribution in [1.29, 1.82) is 0 Å². The van der Waals surface area contributed by atoms with Gasteiger partial charge >= 0.3 is 0 Å². The summed E-state index contributed by atoms with van der Waals surface area (Å²) in [7, 11) is 1.70. The molecule has 13 heavy (non-hydrogen) atoms. The Labute approximate surface area is 80.1 Å². The number of rotatable bonds is 9. The van der Waals surface area contributed by atoms with Crippen LogP contribution in [-0.4, -0.2) is 31.6 Å². The van der Waals surface area contributed by atoms with Crippen LogP contribution in [0, 0.1) is 0 Å². The second-order valence-corrected chi connectivity index (χ2v) is 3.33. The highest BCUT2D eigenvalue weighted by Gasteiger charge is 2.02. The van der Waals surface area contributed by atoms with Crippen LogP contribution >= 0.6 is 0 Å². The van der Waals surface area contributed by atoms with Gasteiger partial charge in [0.15, 0.2) is 0 Å². The van der Waals surface area contributed by atoms with Gasteiger partial charge in [0.2, 0.25) is 0 Å². The van der Waals surface area contributed by atoms with Crippen LogP contribution in [-0.2, 0) is 4.74 Å². The van der Waals surface area contributed by atoms with E-state index in [4.69, 9.17) is 9.84 Å². The minimum absolute atomic E-state index is 0.330. The van der Waals surface area contributed by atoms with E-state index >= 15 is 0 Å². The van der Waals surface area contributed by atoms with E-state index in [1.54, 1.807) is 7.11 Å². The first-order chi connectivity index (χ1) is 6.31. The molecule has 1 N–H and O–H groups in total. The third-order valence-electron chi connectivity index (χ3n) is 2.06. The lowest BCUT2D eigenvalue weighted by Gasteiger charge is -2.03. The number of alkyl halides is 1. The first kappa shape index (κ1) is 12.8. The zero-order chi connectivity index (χ0) is 9.94. The standard InChI is InChI=1S/C10H21FO2/c1-13-8-6-4-2-3-5-7-10(11)9-12/h10,12H,2-9H2,1H3. The fraction of sp³-hybridized carbons (Fsp3) is 1.00. The Hall–Kier alpha value is -0.150. The van der Waals surface area contributed by atoms with Gasteiger partial charge in [-0.1, -0.05) is 25.7 Å². The molecule has 80 valence electrons. The van der Waals surface area contributed by atoms with Gasteiger partial charge in [-0.15, -0.1) is 0 Å². The molecule has 0 heterocycles. The molecular formula is C10H21FO2. The molecule has 3 heteroatoms. The normalized spacial score (nSPS) is 13.2. The summed E-state index contributed by atoms with van der Waals surface area (Å²) >= 11 is 0. The Bertz CT molecular complexity index is 98.9. The van der Waals surface area contributed by atoms with E-state index in [-0.39, 0.29) is 6.61 Å². The maximum absolute atomic E-state index is 12.5. The van der Waals surface area contributed by atoms with Gasteiger partial charge in [-0.05, 0) is 12.8 Å². The van der Waals surface area contributed by atoms with Crippen LogP contribution in [0.2, 0.25) is 0 Å². The van der Waals surface area contributed by atoms with Gasteiger partial charge in [-0.25, -0.2) is 4.39 Å². The highest BCUT2D eigenvalue weighted by molar-refractivity contribution is 4.53. The van der Waals surface area contributed by atoms with Crippen molar-refractivity contribution in [2.45, 2.75) is 44.7 Å². The molecule has 0 bridgehead atoms. The van der Waals surface area contributed by atoms with Crippen LogP contribution in [0.1, 0.15) is 38.5 Å². The van der Waals surface area contributed by atoms with Crippen molar-refractivity contribution >= 4 is 0 Å². The zero-order valence-electron chi connectivity index (χ0n) is 8.47. The van der Waals surface area contributed by atoms with Gasteiger partial charge in [0.25, 0.3) is 0 Å². The second-order valence-electron chi connectivity index (χ2n) is 3.33. The molecule has 0 aromatic heterocycles. The maximum Gasteiger partial charge on any atom is 0.123 e. The molecule has 1 atom stereocenters. The van der Waals surface area contributed by atoms with Crippen molar-refractivity contribution in [3.05, 3.63) is 0 Å². The summed E-state index contributed by atoms with van der Waals surface area (Å²) in [6.07, 6.45) is 4.82. The van der Waals surface area contributed by atoms with Gasteiger partial charge in [-0.2, -0.15) is 0 Å². The SMILES string of the molecule is COCCCCCCCC(F)CO. The highest BCUT2D eigenvalue weighted by atomic mass is 19.1. The smallest absolute Gasteiger partial charge is 0.123 e.